The second-order valence-corrected chi connectivity index (χ2v) is 11.2. The van der Waals surface area contributed by atoms with Gasteiger partial charge in [-0.1, -0.05) is 54.6 Å². The number of methoxy groups -OCH3 is 1. The first-order valence-electron chi connectivity index (χ1n) is 14.9. The third-order valence-corrected chi connectivity index (χ3v) is 7.54. The minimum absolute atomic E-state index is 0.0106. The number of carboxylic acids is 2. The zero-order valence-electron chi connectivity index (χ0n) is 26.2. The van der Waals surface area contributed by atoms with Crippen LogP contribution in [0.25, 0.3) is 28.3 Å². The molecule has 0 radical (unpaired) electrons. The Morgan fingerprint density at radius 2 is 1.60 bits per heavy atom. The predicted octanol–water partition coefficient (Wildman–Crippen LogP) is 5.78. The molecule has 1 amide bonds. The first-order valence-corrected chi connectivity index (χ1v) is 14.9. The maximum Gasteiger partial charge on any atom is 0.335 e. The summed E-state index contributed by atoms with van der Waals surface area (Å²) in [5.41, 5.74) is 3.84. The molecular formula is C36H37FN2O8. The van der Waals surface area contributed by atoms with Crippen LogP contribution in [0.2, 0.25) is 0 Å². The van der Waals surface area contributed by atoms with Crippen LogP contribution < -0.4 is 10.1 Å². The number of hydrogen-bond donors (Lipinski definition) is 5. The van der Waals surface area contributed by atoms with Crippen molar-refractivity contribution in [1.29, 1.82) is 0 Å². The number of nitrogens with zero attached hydrogens (tertiary/aromatic N) is 1. The van der Waals surface area contributed by atoms with Crippen molar-refractivity contribution in [1.82, 2.24) is 9.88 Å². The van der Waals surface area contributed by atoms with E-state index < -0.39 is 42.3 Å². The van der Waals surface area contributed by atoms with Gasteiger partial charge in [0.1, 0.15) is 17.3 Å². The van der Waals surface area contributed by atoms with E-state index in [1.165, 1.54) is 37.5 Å². The van der Waals surface area contributed by atoms with Crippen LogP contribution in [0.15, 0.2) is 78.9 Å². The van der Waals surface area contributed by atoms with E-state index in [0.29, 0.717) is 39.3 Å². The highest BCUT2D eigenvalue weighted by Crippen LogP contribution is 2.42. The number of hydrogen-bond acceptors (Lipinski definition) is 6. The van der Waals surface area contributed by atoms with E-state index in [9.17, 15) is 34.1 Å². The summed E-state index contributed by atoms with van der Waals surface area (Å²) in [5, 5.41) is 42.1. The van der Waals surface area contributed by atoms with Crippen molar-refractivity contribution < 1.29 is 43.9 Å². The SMILES string of the molecule is COc1cc(C(=O)O)ccc1CNC(=O)c1c(-c2ccccc2)c(-c2ccc(F)cc2)c(C=CC(O)CC(O)CC(=O)O)n1C(C)C. The van der Waals surface area contributed by atoms with Crippen LogP contribution in [-0.4, -0.2) is 62.2 Å². The molecule has 4 aromatic rings. The van der Waals surface area contributed by atoms with Gasteiger partial charge in [-0.25, -0.2) is 9.18 Å². The summed E-state index contributed by atoms with van der Waals surface area (Å²) >= 11 is 0. The molecule has 2 atom stereocenters. The maximum absolute atomic E-state index is 14.3. The van der Waals surface area contributed by atoms with Gasteiger partial charge in [0.15, 0.2) is 0 Å². The van der Waals surface area contributed by atoms with Crippen molar-refractivity contribution in [2.45, 2.75) is 51.5 Å². The Bertz CT molecular complexity index is 1760. The fourth-order valence-corrected chi connectivity index (χ4v) is 5.45. The molecule has 0 spiro atoms. The Balaban J connectivity index is 1.89. The number of carbonyl (C=O) groups is 3. The molecule has 3 aromatic carbocycles. The molecule has 0 bridgehead atoms. The van der Waals surface area contributed by atoms with E-state index >= 15 is 0 Å². The van der Waals surface area contributed by atoms with Crippen LogP contribution in [-0.2, 0) is 11.3 Å². The lowest BCUT2D eigenvalue weighted by Crippen LogP contribution is -2.27. The number of aliphatic hydroxyl groups excluding tert-OH is 2. The number of halogens is 1. The fourth-order valence-electron chi connectivity index (χ4n) is 5.45. The molecule has 11 heteroatoms. The zero-order valence-corrected chi connectivity index (χ0v) is 26.2. The van der Waals surface area contributed by atoms with Crippen LogP contribution in [0.5, 0.6) is 5.75 Å². The number of aromatic carboxylic acids is 1. The zero-order chi connectivity index (χ0) is 34.2. The number of aliphatic carboxylic acids is 1. The van der Waals surface area contributed by atoms with Crippen LogP contribution in [0.4, 0.5) is 4.39 Å². The Labute approximate surface area is 271 Å². The van der Waals surface area contributed by atoms with Crippen molar-refractivity contribution in [3.8, 4) is 28.0 Å². The molecule has 0 saturated heterocycles. The molecular weight excluding hydrogens is 607 g/mol. The number of aliphatic hydroxyl groups is 2. The van der Waals surface area contributed by atoms with Gasteiger partial charge in [-0.05, 0) is 55.3 Å². The summed E-state index contributed by atoms with van der Waals surface area (Å²) in [6.45, 7) is 3.78. The predicted molar refractivity (Wildman–Crippen MR) is 175 cm³/mol. The van der Waals surface area contributed by atoms with Gasteiger partial charge in [0.2, 0.25) is 0 Å². The van der Waals surface area contributed by atoms with Gasteiger partial charge in [0.05, 0.1) is 31.3 Å². The average Bonchev–Trinajstić information content (AvgIpc) is 3.38. The Kier molecular flexibility index (Phi) is 11.3. The third kappa shape index (κ3) is 8.32. The van der Waals surface area contributed by atoms with Crippen molar-refractivity contribution >= 4 is 23.9 Å². The van der Waals surface area contributed by atoms with Crippen molar-refractivity contribution in [3.05, 3.63) is 107 Å². The van der Waals surface area contributed by atoms with E-state index in [1.54, 1.807) is 28.8 Å². The van der Waals surface area contributed by atoms with Gasteiger partial charge in [0.25, 0.3) is 5.91 Å². The second kappa shape index (κ2) is 15.4. The quantitative estimate of drug-likeness (QED) is 0.116. The molecule has 0 aliphatic carbocycles. The Morgan fingerprint density at radius 3 is 2.19 bits per heavy atom. The lowest BCUT2D eigenvalue weighted by Gasteiger charge is -2.18. The second-order valence-electron chi connectivity index (χ2n) is 11.2. The molecule has 47 heavy (non-hydrogen) atoms. The maximum atomic E-state index is 14.3. The molecule has 5 N–H and O–H groups in total. The third-order valence-electron chi connectivity index (χ3n) is 7.54. The topological polar surface area (TPSA) is 158 Å². The molecule has 0 fully saturated rings. The molecule has 1 heterocycles. The van der Waals surface area contributed by atoms with E-state index in [0.717, 1.165) is 0 Å². The molecule has 0 aliphatic rings. The minimum atomic E-state index is -1.27. The van der Waals surface area contributed by atoms with Gasteiger partial charge < -0.3 is 35.0 Å². The van der Waals surface area contributed by atoms with E-state index in [2.05, 4.69) is 5.32 Å². The summed E-state index contributed by atoms with van der Waals surface area (Å²) in [4.78, 5) is 36.7. The molecule has 2 unspecified atom stereocenters. The molecule has 0 aliphatic heterocycles. The first-order chi connectivity index (χ1) is 22.4. The molecule has 1 aromatic heterocycles. The van der Waals surface area contributed by atoms with Gasteiger partial charge >= 0.3 is 11.9 Å². The summed E-state index contributed by atoms with van der Waals surface area (Å²) in [5.74, 6) is -2.92. The number of carbonyl (C=O) groups excluding carboxylic acids is 1. The number of carboxylic acid groups (broad SMARTS) is 2. The van der Waals surface area contributed by atoms with Gasteiger partial charge in [0, 0.05) is 41.4 Å². The molecule has 10 nitrogen and oxygen atoms in total. The van der Waals surface area contributed by atoms with Crippen LogP contribution in [0.1, 0.15) is 64.8 Å². The number of ether oxygens (including phenoxy) is 1. The number of nitrogens with one attached hydrogen (secondary N) is 1. The van der Waals surface area contributed by atoms with Crippen LogP contribution in [0, 0.1) is 5.82 Å². The standard InChI is InChI=1S/C36H37FN2O8/c1-21(2)39-29(16-15-27(40)18-28(41)19-31(42)43)32(23-11-13-26(37)14-12-23)33(22-7-5-4-6-8-22)34(39)35(44)38-20-25-10-9-24(36(45)46)17-30(25)47-3/h4-17,21,27-28,40-41H,18-20H2,1-3H3,(H,38,44)(H,42,43)(H,45,46). The Morgan fingerprint density at radius 1 is 0.936 bits per heavy atom. The highest BCUT2D eigenvalue weighted by molar-refractivity contribution is 6.06. The van der Waals surface area contributed by atoms with E-state index in [4.69, 9.17) is 9.84 Å². The summed E-state index contributed by atoms with van der Waals surface area (Å²) in [6.07, 6.45) is -0.187. The van der Waals surface area contributed by atoms with Crippen LogP contribution in [0.3, 0.4) is 0 Å². The smallest absolute Gasteiger partial charge is 0.335 e. The Hall–Kier alpha value is -5.26. The van der Waals surface area contributed by atoms with Crippen molar-refractivity contribution in [3.63, 3.8) is 0 Å². The first kappa shape index (κ1) is 34.6. The summed E-state index contributed by atoms with van der Waals surface area (Å²) < 4.78 is 21.3. The van der Waals surface area contributed by atoms with E-state index in [1.807, 2.05) is 44.2 Å². The van der Waals surface area contributed by atoms with Crippen LogP contribution >= 0.6 is 0 Å². The number of aromatic nitrogens is 1. The average molecular weight is 645 g/mol. The van der Waals surface area contributed by atoms with E-state index in [-0.39, 0.29) is 30.3 Å². The van der Waals surface area contributed by atoms with Gasteiger partial charge in [-0.2, -0.15) is 0 Å². The lowest BCUT2D eigenvalue weighted by atomic mass is 9.94. The molecule has 246 valence electrons. The summed E-state index contributed by atoms with van der Waals surface area (Å²) in [6, 6.07) is 19.1. The number of rotatable bonds is 14. The minimum Gasteiger partial charge on any atom is -0.496 e. The molecule has 4 rings (SSSR count). The lowest BCUT2D eigenvalue weighted by molar-refractivity contribution is -0.139. The highest BCUT2D eigenvalue weighted by Gasteiger charge is 2.29. The van der Waals surface area contributed by atoms with Crippen molar-refractivity contribution in [2.75, 3.05) is 7.11 Å². The summed E-state index contributed by atoms with van der Waals surface area (Å²) in [7, 11) is 1.41. The number of amides is 1. The molecule has 0 saturated carbocycles. The van der Waals surface area contributed by atoms with Gasteiger partial charge in [-0.15, -0.1) is 0 Å². The highest BCUT2D eigenvalue weighted by atomic mass is 19.1. The largest absolute Gasteiger partial charge is 0.496 e. The fraction of sp³-hybridized carbons (Fsp3) is 0.250. The number of benzene rings is 3. The monoisotopic (exact) mass is 644 g/mol. The van der Waals surface area contributed by atoms with Gasteiger partial charge in [-0.3, -0.25) is 9.59 Å². The normalized spacial score (nSPS) is 12.7. The van der Waals surface area contributed by atoms with Crippen molar-refractivity contribution in [2.24, 2.45) is 0 Å².